The van der Waals surface area contributed by atoms with Crippen LogP contribution < -0.4 is 67.8 Å². The van der Waals surface area contributed by atoms with Gasteiger partial charge in [0.15, 0.2) is 17.8 Å². The van der Waals surface area contributed by atoms with Gasteiger partial charge >= 0.3 is 75.5 Å². The standard InChI is InChI=1S/C19H28N4O5.C16H16BrN3O2.C13H22BrN3O2.C8H12Br2N2.C8H14BrN3.C8H5NO2.C6H7NO3.K/c1-5-26-17(24)15-13-27-16(22-15)14-11-21-23(12-14)10-8-6-7-9-20-18(25)28-19(2,3)4;17-12-10-18-19(11-12)8-4-1-5-9-20-15(21)13-6-2-3-7-14(13)16(20)22;1-13(2,3)19-12(18)15-7-5-4-6-8-17-10-11(14)9-16-17;9-4-2-1-3-5-12-7-8(10)6-11-12;9-8-6-11-12(7-8)5-3-1-2-4-10;10-7-5-3-1-2-4-6(5)8(11)9-7;1-2-10-6(8)5-3-9-4-7-5;/h11-13H,5-10H2,1-4H3,(H,20,25);2-3,6-7,10-11H,1,4-5,8-9H2;9-10H,4-8H2,1-3H3,(H,15,18);6-7H,1-5H2;6-7H,1-5,10H2;1-4H,(H,9,10,11);3-4H,2H2,1H3;/q;;;;;;;+1/p-1. The number of ether oxygens (including phenoxy) is 4. The van der Waals surface area contributed by atoms with Crippen molar-refractivity contribution in [2.75, 3.05) is 44.7 Å². The van der Waals surface area contributed by atoms with Crippen LogP contribution in [0.4, 0.5) is 9.59 Å². The van der Waals surface area contributed by atoms with E-state index in [4.69, 9.17) is 24.4 Å². The van der Waals surface area contributed by atoms with Gasteiger partial charge in [-0.2, -0.15) is 25.5 Å². The smallest absolute Gasteiger partial charge is 0.587 e. The Hall–Kier alpha value is -7.33. The Morgan fingerprint density at radius 2 is 0.861 bits per heavy atom. The molecular weight excluding hydrogens is 1840 g/mol. The van der Waals surface area contributed by atoms with Crippen molar-refractivity contribution in [3.05, 3.63) is 186 Å². The summed E-state index contributed by atoms with van der Waals surface area (Å²) in [7, 11) is 0. The van der Waals surface area contributed by atoms with Crippen LogP contribution in [0, 0.1) is 0 Å². The number of rotatable bonds is 33. The minimum Gasteiger partial charge on any atom is -0.587 e. The second kappa shape index (κ2) is 55.4. The number of nitrogens with zero attached hydrogens (tertiary/aromatic N) is 14. The maximum Gasteiger partial charge on any atom is 1.00 e. The molecule has 0 saturated carbocycles. The zero-order valence-electron chi connectivity index (χ0n) is 66.7. The van der Waals surface area contributed by atoms with E-state index in [0.717, 1.165) is 133 Å². The van der Waals surface area contributed by atoms with Crippen LogP contribution in [-0.2, 0) is 51.7 Å². The monoisotopic (exact) mass is 1940 g/mol. The van der Waals surface area contributed by atoms with E-state index in [9.17, 15) is 38.4 Å². The van der Waals surface area contributed by atoms with Gasteiger partial charge in [0.05, 0.1) is 90.6 Å². The molecule has 0 unspecified atom stereocenters. The van der Waals surface area contributed by atoms with Gasteiger partial charge in [0, 0.05) is 99.8 Å². The van der Waals surface area contributed by atoms with Crippen LogP contribution in [-0.4, -0.2) is 167 Å². The molecule has 7 aromatic heterocycles. The number of unbranched alkanes of at least 4 members (excludes halogenated alkanes) is 10. The Labute approximate surface area is 755 Å². The first-order valence-corrected chi connectivity index (χ1v) is 41.9. The van der Waals surface area contributed by atoms with Gasteiger partial charge < -0.3 is 59.1 Å². The Kier molecular flexibility index (Phi) is 48.2. The summed E-state index contributed by atoms with van der Waals surface area (Å²) in [4.78, 5) is 101. The number of hydrogen-bond donors (Lipinski definition) is 3. The normalized spacial score (nSPS) is 11.7. The molecule has 0 saturated heterocycles. The number of aromatic nitrogens is 12. The quantitative estimate of drug-likeness (QED) is 0.00858. The molecule has 2 aliphatic rings. The van der Waals surface area contributed by atoms with E-state index in [2.05, 4.69) is 140 Å². The molecule has 9 heterocycles. The largest absolute Gasteiger partial charge is 1.00 e. The first-order chi connectivity index (χ1) is 54.6. The molecule has 37 heteroatoms. The number of nitrogens with two attached hydrogens (primary N) is 1. The second-order valence-electron chi connectivity index (χ2n) is 27.2. The Balaban J connectivity index is 0.000000291. The number of oxazole rings is 2. The summed E-state index contributed by atoms with van der Waals surface area (Å²) in [6, 6.07) is 13.6. The SMILES string of the molecule is BrCCCCCn1cc(Br)cn1.CC(C)(C)OC(=O)NCCCCCn1cc(Br)cn1.CCOC(=O)c1coc(-c2cnn(CCCCCNC(=O)OC(C)(C)C)c2)n1.CCOC(=O)c1cocn1.NCCCCCn1cc(Br)cn1.O=C1[N-]C(=O)c2ccccc21.O=C1c2ccccc2C(=O)N1CCCCCn1cc(Br)cn1.[K+]. The van der Waals surface area contributed by atoms with Crippen LogP contribution in [0.5, 0.6) is 0 Å². The summed E-state index contributed by atoms with van der Waals surface area (Å²) in [6.07, 6.45) is 37.2. The number of carbonyl (C=O) groups is 8. The summed E-state index contributed by atoms with van der Waals surface area (Å²) >= 11 is 16.8. The van der Waals surface area contributed by atoms with E-state index in [1.54, 1.807) is 85.7 Å². The van der Waals surface area contributed by atoms with Gasteiger partial charge in [0.2, 0.25) is 5.89 Å². The fraction of sp³-hybridized carbons (Fsp3) is 0.474. The fourth-order valence-electron chi connectivity index (χ4n) is 10.2. The predicted octanol–water partition coefficient (Wildman–Crippen LogP) is 14.1. The summed E-state index contributed by atoms with van der Waals surface area (Å²) in [6.45, 7) is 22.2. The molecule has 115 heavy (non-hydrogen) atoms. The van der Waals surface area contributed by atoms with E-state index in [-0.39, 0.29) is 87.3 Å². The molecule has 6 amide bonds. The van der Waals surface area contributed by atoms with Gasteiger partial charge in [0.25, 0.3) is 11.8 Å². The predicted molar refractivity (Wildman–Crippen MR) is 447 cm³/mol. The fourth-order valence-corrected chi connectivity index (χ4v) is 11.9. The van der Waals surface area contributed by atoms with Crippen molar-refractivity contribution < 1.29 is 118 Å². The van der Waals surface area contributed by atoms with Crippen LogP contribution in [0.25, 0.3) is 16.8 Å². The third-order valence-electron chi connectivity index (χ3n) is 15.5. The van der Waals surface area contributed by atoms with Crippen molar-refractivity contribution in [1.29, 1.82) is 0 Å². The number of fused-ring (bicyclic) bond motifs is 2. The minimum atomic E-state index is -0.509. The first kappa shape index (κ1) is 100. The van der Waals surface area contributed by atoms with E-state index >= 15 is 0 Å². The number of hydrogen-bond acceptors (Lipinski definition) is 22. The minimum absolute atomic E-state index is 0. The van der Waals surface area contributed by atoms with Gasteiger partial charge in [-0.05, 0) is 221 Å². The maximum absolute atomic E-state index is 12.2. The number of alkyl halides is 1. The van der Waals surface area contributed by atoms with E-state index in [1.165, 1.54) is 49.5 Å². The molecule has 0 fully saturated rings. The molecule has 2 aromatic carbocycles. The first-order valence-electron chi connectivity index (χ1n) is 37.6. The van der Waals surface area contributed by atoms with Crippen molar-refractivity contribution in [2.45, 2.75) is 196 Å². The van der Waals surface area contributed by atoms with Crippen molar-refractivity contribution in [3.63, 3.8) is 0 Å². The molecule has 620 valence electrons. The average molecular weight is 1940 g/mol. The van der Waals surface area contributed by atoms with Gasteiger partial charge in [-0.3, -0.25) is 37.9 Å². The van der Waals surface area contributed by atoms with Crippen LogP contribution in [0.1, 0.15) is 214 Å². The third kappa shape index (κ3) is 40.6. The molecule has 31 nitrogen and oxygen atoms in total. The van der Waals surface area contributed by atoms with E-state index in [0.29, 0.717) is 59.9 Å². The summed E-state index contributed by atoms with van der Waals surface area (Å²) in [5, 5.41) is 30.9. The van der Waals surface area contributed by atoms with Gasteiger partial charge in [-0.15, -0.1) is 0 Å². The number of halogens is 5. The number of alkyl carbamates (subject to hydrolysis) is 2. The molecule has 9 aromatic rings. The van der Waals surface area contributed by atoms with Crippen LogP contribution >= 0.6 is 79.6 Å². The van der Waals surface area contributed by atoms with Crippen molar-refractivity contribution in [2.24, 2.45) is 5.73 Å². The number of imide groups is 2. The Morgan fingerprint density at radius 3 is 1.23 bits per heavy atom. The molecule has 2 aliphatic heterocycles. The molecule has 11 rings (SSSR count). The Morgan fingerprint density at radius 1 is 0.487 bits per heavy atom. The molecule has 0 bridgehead atoms. The van der Waals surface area contributed by atoms with E-state index in [1.807, 2.05) is 104 Å². The summed E-state index contributed by atoms with van der Waals surface area (Å²) in [5.74, 6) is -1.82. The molecule has 0 atom stereocenters. The van der Waals surface area contributed by atoms with Gasteiger partial charge in [-0.25, -0.2) is 29.1 Å². The second-order valence-corrected chi connectivity index (χ2v) is 31.7. The van der Waals surface area contributed by atoms with Gasteiger partial charge in [0.1, 0.15) is 23.7 Å². The summed E-state index contributed by atoms with van der Waals surface area (Å²) in [5.41, 5.74) is 7.39. The number of esters is 2. The van der Waals surface area contributed by atoms with Crippen molar-refractivity contribution in [3.8, 4) is 11.5 Å². The molecule has 0 aliphatic carbocycles. The van der Waals surface area contributed by atoms with Gasteiger partial charge in [-0.1, -0.05) is 65.2 Å². The number of aryl methyl sites for hydroxylation is 5. The average Bonchev–Trinajstić information content (AvgIpc) is 1.64. The molecular formula is C78H103Br5KN17O14. The maximum atomic E-state index is 12.2. The number of amides is 6. The third-order valence-corrected chi connectivity index (χ3v) is 17.7. The Bertz CT molecular complexity index is 4240. The van der Waals surface area contributed by atoms with Crippen LogP contribution in [0.2, 0.25) is 0 Å². The molecule has 4 N–H and O–H groups in total. The number of carbonyl (C=O) groups excluding carboxylic acids is 8. The number of nitrogens with one attached hydrogen (secondary N) is 2. The molecule has 0 spiro atoms. The number of benzene rings is 2. The zero-order chi connectivity index (χ0) is 83.3. The van der Waals surface area contributed by atoms with Crippen LogP contribution in [0.3, 0.4) is 0 Å². The van der Waals surface area contributed by atoms with Crippen molar-refractivity contribution in [1.82, 2.24) is 74.4 Å². The zero-order valence-corrected chi connectivity index (χ0v) is 77.7. The van der Waals surface area contributed by atoms with E-state index < -0.39 is 41.0 Å². The summed E-state index contributed by atoms with van der Waals surface area (Å²) < 4.78 is 43.3. The van der Waals surface area contributed by atoms with Crippen molar-refractivity contribution >= 4 is 127 Å². The van der Waals surface area contributed by atoms with Crippen LogP contribution in [0.15, 0.2) is 156 Å². The topological polar surface area (TPSA) is 382 Å². The molecule has 0 radical (unpaired) electrons.